The number of hydrogen-bond acceptors (Lipinski definition) is 5. The number of ether oxygens (including phenoxy) is 1. The molecule has 2 fully saturated rings. The number of benzene rings is 1. The summed E-state index contributed by atoms with van der Waals surface area (Å²) in [5.41, 5.74) is 3.14. The summed E-state index contributed by atoms with van der Waals surface area (Å²) in [5, 5.41) is 9.46. The van der Waals surface area contributed by atoms with Gasteiger partial charge in [0.05, 0.1) is 12.3 Å². The Morgan fingerprint density at radius 1 is 0.913 bits per heavy atom. The molecule has 0 spiro atoms. The number of anilines is 2. The molecular weight excluding hydrogens is 292 g/mol. The highest BCUT2D eigenvalue weighted by Gasteiger charge is 2.22. The molecule has 1 aromatic carbocycles. The van der Waals surface area contributed by atoms with E-state index in [4.69, 9.17) is 9.62 Å². The molecule has 2 aliphatic heterocycles. The molecule has 1 N–H and O–H groups in total. The van der Waals surface area contributed by atoms with Crippen molar-refractivity contribution in [1.29, 1.82) is 0 Å². The van der Waals surface area contributed by atoms with Crippen molar-refractivity contribution < 1.29 is 14.9 Å². The van der Waals surface area contributed by atoms with E-state index in [1.807, 2.05) is 0 Å². The van der Waals surface area contributed by atoms with Crippen molar-refractivity contribution in [3.63, 3.8) is 0 Å². The van der Waals surface area contributed by atoms with Gasteiger partial charge in [0.2, 0.25) is 0 Å². The van der Waals surface area contributed by atoms with Crippen LogP contribution in [0.1, 0.15) is 44.1 Å². The molecule has 128 valence electrons. The van der Waals surface area contributed by atoms with Crippen LogP contribution in [-0.4, -0.2) is 38.5 Å². The van der Waals surface area contributed by atoms with Gasteiger partial charge in [0.15, 0.2) is 5.75 Å². The molecule has 0 bridgehead atoms. The van der Waals surface area contributed by atoms with E-state index >= 15 is 0 Å². The third kappa shape index (κ3) is 3.72. The quantitative estimate of drug-likeness (QED) is 0.662. The van der Waals surface area contributed by atoms with E-state index in [-0.39, 0.29) is 0 Å². The number of piperidine rings is 2. The van der Waals surface area contributed by atoms with Crippen LogP contribution in [0.5, 0.6) is 5.75 Å². The fourth-order valence-electron chi connectivity index (χ4n) is 3.73. The Bertz CT molecular complexity index is 509. The zero-order valence-electron chi connectivity index (χ0n) is 14.1. The molecule has 23 heavy (non-hydrogen) atoms. The maximum absolute atomic E-state index is 9.46. The topological polar surface area (TPSA) is 45.2 Å². The lowest BCUT2D eigenvalue weighted by atomic mass is 10.0. The number of rotatable bonds is 5. The molecule has 0 unspecified atom stereocenters. The highest BCUT2D eigenvalue weighted by molar-refractivity contribution is 5.70. The minimum Gasteiger partial charge on any atom is -0.380 e. The van der Waals surface area contributed by atoms with Crippen LogP contribution in [0.3, 0.4) is 0 Å². The van der Waals surface area contributed by atoms with Crippen LogP contribution < -0.4 is 14.7 Å². The smallest absolute Gasteiger partial charge is 0.193 e. The highest BCUT2D eigenvalue weighted by Crippen LogP contribution is 2.38. The molecule has 0 radical (unpaired) electrons. The Balaban J connectivity index is 1.97. The lowest BCUT2D eigenvalue weighted by Crippen LogP contribution is -2.32. The summed E-state index contributed by atoms with van der Waals surface area (Å²) in [6.45, 7) is 4.69. The van der Waals surface area contributed by atoms with Crippen LogP contribution in [0.2, 0.25) is 0 Å². The molecule has 0 aliphatic carbocycles. The Labute approximate surface area is 138 Å². The fourth-order valence-corrected chi connectivity index (χ4v) is 3.73. The summed E-state index contributed by atoms with van der Waals surface area (Å²) >= 11 is 0. The van der Waals surface area contributed by atoms with Gasteiger partial charge in [0.25, 0.3) is 0 Å². The average molecular weight is 320 g/mol. The van der Waals surface area contributed by atoms with Crippen molar-refractivity contribution in [2.75, 3.05) is 43.1 Å². The second-order valence-electron chi connectivity index (χ2n) is 6.57. The van der Waals surface area contributed by atoms with Gasteiger partial charge in [0.1, 0.15) is 0 Å². The van der Waals surface area contributed by atoms with E-state index in [0.29, 0.717) is 12.4 Å². The summed E-state index contributed by atoms with van der Waals surface area (Å²) in [4.78, 5) is 9.56. The van der Waals surface area contributed by atoms with E-state index in [1.54, 1.807) is 7.11 Å². The van der Waals surface area contributed by atoms with Gasteiger partial charge >= 0.3 is 0 Å². The van der Waals surface area contributed by atoms with Crippen molar-refractivity contribution in [2.24, 2.45) is 0 Å². The first kappa shape index (κ1) is 16.4. The van der Waals surface area contributed by atoms with Gasteiger partial charge in [-0.2, -0.15) is 0 Å². The molecule has 2 aliphatic rings. The first-order valence-electron chi connectivity index (χ1n) is 8.80. The van der Waals surface area contributed by atoms with Crippen molar-refractivity contribution in [3.05, 3.63) is 17.7 Å². The van der Waals surface area contributed by atoms with E-state index in [9.17, 15) is 5.26 Å². The van der Waals surface area contributed by atoms with E-state index in [0.717, 1.165) is 37.4 Å². The van der Waals surface area contributed by atoms with E-state index in [1.165, 1.54) is 44.2 Å². The van der Waals surface area contributed by atoms with Gasteiger partial charge in [-0.05, 0) is 50.7 Å². The summed E-state index contributed by atoms with van der Waals surface area (Å²) < 4.78 is 5.33. The van der Waals surface area contributed by atoms with Crippen LogP contribution in [0, 0.1) is 0 Å². The summed E-state index contributed by atoms with van der Waals surface area (Å²) in [6, 6.07) is 4.29. The molecule has 0 aromatic heterocycles. The highest BCUT2D eigenvalue weighted by atomic mass is 17.1. The molecule has 2 heterocycles. The van der Waals surface area contributed by atoms with Crippen molar-refractivity contribution in [2.45, 2.75) is 45.1 Å². The van der Waals surface area contributed by atoms with E-state index in [2.05, 4.69) is 21.9 Å². The lowest BCUT2D eigenvalue weighted by molar-refractivity contribution is -0.138. The van der Waals surface area contributed by atoms with Gasteiger partial charge < -0.3 is 19.4 Å². The maximum atomic E-state index is 9.46. The predicted octanol–water partition coefficient (Wildman–Crippen LogP) is 3.67. The molecule has 0 amide bonds. The first-order chi connectivity index (χ1) is 11.3. The monoisotopic (exact) mass is 320 g/mol. The predicted molar refractivity (Wildman–Crippen MR) is 92.5 cm³/mol. The van der Waals surface area contributed by atoms with Crippen LogP contribution >= 0.6 is 0 Å². The Morgan fingerprint density at radius 2 is 1.52 bits per heavy atom. The molecular formula is C18H28N2O3. The summed E-state index contributed by atoms with van der Waals surface area (Å²) in [5.74, 6) is 0.550. The minimum atomic E-state index is 0.443. The third-order valence-electron chi connectivity index (χ3n) is 4.94. The fraction of sp³-hybridized carbons (Fsp3) is 0.667. The normalized spacial score (nSPS) is 19.0. The van der Waals surface area contributed by atoms with Crippen molar-refractivity contribution >= 4 is 11.4 Å². The molecule has 5 heteroatoms. The zero-order valence-corrected chi connectivity index (χ0v) is 14.1. The van der Waals surface area contributed by atoms with Gasteiger partial charge in [-0.3, -0.25) is 0 Å². The maximum Gasteiger partial charge on any atom is 0.193 e. The van der Waals surface area contributed by atoms with Crippen molar-refractivity contribution in [3.8, 4) is 5.75 Å². The third-order valence-corrected chi connectivity index (χ3v) is 4.94. The van der Waals surface area contributed by atoms with E-state index < -0.39 is 0 Å². The molecule has 0 saturated carbocycles. The molecule has 3 rings (SSSR count). The van der Waals surface area contributed by atoms with Crippen LogP contribution in [0.4, 0.5) is 11.4 Å². The van der Waals surface area contributed by atoms with Crippen LogP contribution in [-0.2, 0) is 11.3 Å². The lowest BCUT2D eigenvalue weighted by Gasteiger charge is -2.33. The van der Waals surface area contributed by atoms with Crippen molar-refractivity contribution in [1.82, 2.24) is 0 Å². The number of nitrogens with zero attached hydrogens (tertiary/aromatic N) is 2. The molecule has 0 atom stereocenters. The average Bonchev–Trinajstić information content (AvgIpc) is 2.63. The molecule has 1 aromatic rings. The summed E-state index contributed by atoms with van der Waals surface area (Å²) in [6.07, 6.45) is 7.48. The molecule has 2 saturated heterocycles. The zero-order chi connectivity index (χ0) is 16.1. The van der Waals surface area contributed by atoms with Crippen LogP contribution in [0.15, 0.2) is 12.1 Å². The SMILES string of the molecule is COCc1cc(N2CCCCC2)cc(N2CCCCC2)c1OO. The Kier molecular flexibility index (Phi) is 5.62. The second kappa shape index (κ2) is 7.88. The largest absolute Gasteiger partial charge is 0.380 e. The minimum absolute atomic E-state index is 0.443. The van der Waals surface area contributed by atoms with Gasteiger partial charge in [-0.25, -0.2) is 5.26 Å². The first-order valence-corrected chi connectivity index (χ1v) is 8.80. The standard InChI is InChI=1S/C18H28N2O3/c1-22-14-15-12-16(19-8-4-2-5-9-19)13-17(18(15)23-21)20-10-6-3-7-11-20/h12-13,21H,2-11,14H2,1H3. The Morgan fingerprint density at radius 3 is 2.09 bits per heavy atom. The van der Waals surface area contributed by atoms with Crippen LogP contribution in [0.25, 0.3) is 0 Å². The van der Waals surface area contributed by atoms with Gasteiger partial charge in [0, 0.05) is 44.5 Å². The Hall–Kier alpha value is -1.46. The number of methoxy groups -OCH3 is 1. The van der Waals surface area contributed by atoms with Gasteiger partial charge in [-0.15, -0.1) is 0 Å². The molecule has 5 nitrogen and oxygen atoms in total. The summed E-state index contributed by atoms with van der Waals surface area (Å²) in [7, 11) is 1.68. The van der Waals surface area contributed by atoms with Gasteiger partial charge in [-0.1, -0.05) is 0 Å². The number of hydrogen-bond donors (Lipinski definition) is 1. The second-order valence-corrected chi connectivity index (χ2v) is 6.57.